The molecule has 9 aromatic carbocycles. The summed E-state index contributed by atoms with van der Waals surface area (Å²) in [7, 11) is 0. The zero-order valence-corrected chi connectivity index (χ0v) is 34.4. The predicted molar refractivity (Wildman–Crippen MR) is 260 cm³/mol. The number of hydrogen-bond donors (Lipinski definition) is 0. The van der Waals surface area contributed by atoms with Gasteiger partial charge in [-0.2, -0.15) is 0 Å². The van der Waals surface area contributed by atoms with Gasteiger partial charge in [-0.1, -0.05) is 182 Å². The molecule has 0 saturated heterocycles. The van der Waals surface area contributed by atoms with E-state index in [0.717, 1.165) is 33.7 Å². The third-order valence-corrected chi connectivity index (χ3v) is 14.3. The summed E-state index contributed by atoms with van der Waals surface area (Å²) >= 11 is 1.87. The molecule has 2 aliphatic rings. The van der Waals surface area contributed by atoms with Gasteiger partial charge in [0.25, 0.3) is 0 Å². The zero-order chi connectivity index (χ0) is 40.8. The number of thiophene rings is 1. The summed E-state index contributed by atoms with van der Waals surface area (Å²) in [5, 5.41) is 3.69. The third kappa shape index (κ3) is 4.91. The van der Waals surface area contributed by atoms with Gasteiger partial charge in [-0.3, -0.25) is 0 Å². The molecular weight excluding hydrogens is 771 g/mol. The Labute approximate surface area is 363 Å². The van der Waals surface area contributed by atoms with Gasteiger partial charge in [0, 0.05) is 37.7 Å². The van der Waals surface area contributed by atoms with E-state index in [1.165, 1.54) is 81.5 Å². The molecule has 11 aromatic rings. The maximum atomic E-state index is 7.33. The molecule has 290 valence electrons. The van der Waals surface area contributed by atoms with Crippen LogP contribution in [0.4, 0.5) is 17.1 Å². The van der Waals surface area contributed by atoms with Gasteiger partial charge in [-0.05, 0) is 92.6 Å². The number of benzene rings is 9. The van der Waals surface area contributed by atoms with Gasteiger partial charge in [0.2, 0.25) is 0 Å². The van der Waals surface area contributed by atoms with Crippen molar-refractivity contribution in [1.82, 2.24) is 0 Å². The maximum absolute atomic E-state index is 7.33. The first-order valence-electron chi connectivity index (χ1n) is 21.3. The van der Waals surface area contributed by atoms with Crippen molar-refractivity contribution < 1.29 is 4.42 Å². The monoisotopic (exact) mass is 807 g/mol. The number of anilines is 3. The van der Waals surface area contributed by atoms with E-state index in [1.807, 2.05) is 11.3 Å². The summed E-state index contributed by atoms with van der Waals surface area (Å²) in [4.78, 5) is 2.49. The first-order chi connectivity index (χ1) is 30.8. The van der Waals surface area contributed by atoms with Crippen LogP contribution in [0.15, 0.2) is 223 Å². The molecule has 2 aromatic heterocycles. The van der Waals surface area contributed by atoms with Crippen LogP contribution in [-0.4, -0.2) is 0 Å². The number of fused-ring (bicyclic) bond motifs is 15. The van der Waals surface area contributed by atoms with Gasteiger partial charge >= 0.3 is 0 Å². The molecule has 1 unspecified atom stereocenters. The van der Waals surface area contributed by atoms with Crippen LogP contribution in [0.5, 0.6) is 0 Å². The van der Waals surface area contributed by atoms with E-state index in [9.17, 15) is 0 Å². The van der Waals surface area contributed by atoms with Crippen molar-refractivity contribution in [1.29, 1.82) is 0 Å². The molecule has 0 amide bonds. The van der Waals surface area contributed by atoms with Crippen LogP contribution in [0.2, 0.25) is 0 Å². The Morgan fingerprint density at radius 2 is 1.08 bits per heavy atom. The zero-order valence-electron chi connectivity index (χ0n) is 33.6. The minimum absolute atomic E-state index is 0.720. The molecule has 2 heterocycles. The van der Waals surface area contributed by atoms with Crippen molar-refractivity contribution in [3.8, 4) is 22.3 Å². The Bertz CT molecular complexity index is 3580. The fourth-order valence-corrected chi connectivity index (χ4v) is 11.8. The quantitative estimate of drug-likeness (QED) is 0.156. The Morgan fingerprint density at radius 1 is 0.468 bits per heavy atom. The predicted octanol–water partition coefficient (Wildman–Crippen LogP) is 16.2. The standard InChI is InChI=1S/C59H37NOS/c1-4-19-38(20-5-1)37-46(39-21-6-2-7-22-39)42-28-16-31-49-55(42)56-45-27-11-14-35-52(45)61-58(56)59(49)47-30-13-10-26-44(47)54-48(59)32-18-33-50(54)60(40-23-8-3-9-24-40)51-34-17-29-43-41-25-12-15-36-53(41)62-57(43)51/h1-37H. The van der Waals surface area contributed by atoms with Crippen LogP contribution in [0.25, 0.3) is 65.0 Å². The van der Waals surface area contributed by atoms with Crippen molar-refractivity contribution in [2.24, 2.45) is 0 Å². The van der Waals surface area contributed by atoms with Crippen LogP contribution in [0.3, 0.4) is 0 Å². The number of rotatable bonds is 6. The first-order valence-corrected chi connectivity index (χ1v) is 22.1. The van der Waals surface area contributed by atoms with Gasteiger partial charge in [0.05, 0.1) is 16.1 Å². The normalized spacial score (nSPS) is 14.9. The van der Waals surface area contributed by atoms with Crippen molar-refractivity contribution in [2.75, 3.05) is 4.90 Å². The lowest BCUT2D eigenvalue weighted by atomic mass is 9.72. The summed E-state index contributed by atoms with van der Waals surface area (Å²) in [6.45, 7) is 0. The van der Waals surface area contributed by atoms with E-state index >= 15 is 0 Å². The first kappa shape index (κ1) is 35.1. The number of nitrogens with zero attached hydrogens (tertiary/aromatic N) is 1. The van der Waals surface area contributed by atoms with Gasteiger partial charge in [-0.15, -0.1) is 11.3 Å². The fraction of sp³-hybridized carbons (Fsp3) is 0.0169. The third-order valence-electron chi connectivity index (χ3n) is 13.1. The van der Waals surface area contributed by atoms with E-state index in [0.29, 0.717) is 0 Å². The van der Waals surface area contributed by atoms with E-state index in [-0.39, 0.29) is 0 Å². The smallest absolute Gasteiger partial charge is 0.135 e. The van der Waals surface area contributed by atoms with E-state index in [2.05, 4.69) is 229 Å². The lowest BCUT2D eigenvalue weighted by molar-refractivity contribution is 0.507. The lowest BCUT2D eigenvalue weighted by Crippen LogP contribution is -2.25. The Balaban J connectivity index is 1.14. The van der Waals surface area contributed by atoms with Gasteiger partial charge in [0.1, 0.15) is 16.8 Å². The van der Waals surface area contributed by atoms with Gasteiger partial charge < -0.3 is 9.32 Å². The van der Waals surface area contributed by atoms with Crippen LogP contribution >= 0.6 is 11.3 Å². The molecule has 0 N–H and O–H groups in total. The van der Waals surface area contributed by atoms with Crippen molar-refractivity contribution >= 4 is 71.2 Å². The Kier molecular flexibility index (Phi) is 7.72. The highest BCUT2D eigenvalue weighted by Gasteiger charge is 2.56. The van der Waals surface area contributed by atoms with E-state index in [1.54, 1.807) is 0 Å². The minimum Gasteiger partial charge on any atom is -0.459 e. The Morgan fingerprint density at radius 3 is 1.92 bits per heavy atom. The molecule has 0 radical (unpaired) electrons. The highest BCUT2D eigenvalue weighted by Crippen LogP contribution is 2.67. The van der Waals surface area contributed by atoms with Gasteiger partial charge in [-0.25, -0.2) is 0 Å². The molecule has 0 saturated carbocycles. The largest absolute Gasteiger partial charge is 0.459 e. The van der Waals surface area contributed by atoms with Crippen LogP contribution < -0.4 is 4.90 Å². The minimum atomic E-state index is -0.720. The topological polar surface area (TPSA) is 16.4 Å². The van der Waals surface area contributed by atoms with Crippen LogP contribution in [0.1, 0.15) is 39.1 Å². The number of para-hydroxylation sites is 2. The lowest BCUT2D eigenvalue weighted by Gasteiger charge is -2.30. The number of hydrogen-bond acceptors (Lipinski definition) is 3. The molecule has 0 aliphatic heterocycles. The Hall–Kier alpha value is -7.72. The molecule has 1 spiro atoms. The molecule has 0 bridgehead atoms. The molecular formula is C59H37NOS. The molecule has 1 atom stereocenters. The van der Waals surface area contributed by atoms with Crippen molar-refractivity contribution in [3.63, 3.8) is 0 Å². The second kappa shape index (κ2) is 13.7. The van der Waals surface area contributed by atoms with Crippen molar-refractivity contribution in [3.05, 3.63) is 258 Å². The molecule has 3 heteroatoms. The van der Waals surface area contributed by atoms with Gasteiger partial charge in [0.15, 0.2) is 0 Å². The molecule has 0 fully saturated rings. The van der Waals surface area contributed by atoms with E-state index in [4.69, 9.17) is 4.42 Å². The molecule has 2 aliphatic carbocycles. The SMILES string of the molecule is C(=C(c1ccccc1)c1cccc2c1-c1c(oc3ccccc13)C21c2ccccc2-c2c(N(c3ccccc3)c3cccc4c3sc3ccccc34)cccc21)c1ccccc1. The molecule has 2 nitrogen and oxygen atoms in total. The summed E-state index contributed by atoms with van der Waals surface area (Å²) in [5.41, 5.74) is 16.8. The summed E-state index contributed by atoms with van der Waals surface area (Å²) in [5.74, 6) is 0.981. The maximum Gasteiger partial charge on any atom is 0.135 e. The second-order valence-electron chi connectivity index (χ2n) is 16.3. The average molecular weight is 808 g/mol. The van der Waals surface area contributed by atoms with Crippen LogP contribution in [0, 0.1) is 0 Å². The van der Waals surface area contributed by atoms with E-state index < -0.39 is 5.41 Å². The highest BCUT2D eigenvalue weighted by atomic mass is 32.1. The highest BCUT2D eigenvalue weighted by molar-refractivity contribution is 7.26. The molecule has 62 heavy (non-hydrogen) atoms. The summed E-state index contributed by atoms with van der Waals surface area (Å²) < 4.78 is 9.89. The summed E-state index contributed by atoms with van der Waals surface area (Å²) in [6, 6.07) is 79.5. The summed E-state index contributed by atoms with van der Waals surface area (Å²) in [6.07, 6.45) is 2.35. The van der Waals surface area contributed by atoms with Crippen molar-refractivity contribution in [2.45, 2.75) is 5.41 Å². The number of furan rings is 1. The fourth-order valence-electron chi connectivity index (χ4n) is 10.6. The second-order valence-corrected chi connectivity index (χ2v) is 17.3. The van der Waals surface area contributed by atoms with Crippen LogP contribution in [-0.2, 0) is 5.41 Å². The average Bonchev–Trinajstić information content (AvgIpc) is 4.07. The molecule has 13 rings (SSSR count).